The number of para-hydroxylation sites is 1. The molecule has 1 unspecified atom stereocenters. The summed E-state index contributed by atoms with van der Waals surface area (Å²) in [7, 11) is -6.30. The number of carbonyl (C=O) groups excluding carboxylic acids is 2. The molecule has 0 fully saturated rings. The van der Waals surface area contributed by atoms with Crippen molar-refractivity contribution < 1.29 is 41.6 Å². The molecule has 0 aliphatic rings. The maximum Gasteiger partial charge on any atom is 0.530 e. The molecule has 11 heteroatoms. The largest absolute Gasteiger partial charge is 0.530 e. The Hall–Kier alpha value is -1.71. The molecule has 0 saturated heterocycles. The fourth-order valence-corrected chi connectivity index (χ4v) is 7.42. The molecular weight excluding hydrogens is 575 g/mol. The van der Waals surface area contributed by atoms with Gasteiger partial charge < -0.3 is 18.4 Å². The molecule has 9 nitrogen and oxygen atoms in total. The molecule has 0 aliphatic heterocycles. The summed E-state index contributed by atoms with van der Waals surface area (Å²) in [6.07, 6.45) is 4.70. The van der Waals surface area contributed by atoms with Crippen molar-refractivity contribution in [2.45, 2.75) is 117 Å². The van der Waals surface area contributed by atoms with E-state index in [0.717, 1.165) is 32.1 Å². The van der Waals surface area contributed by atoms with Crippen LogP contribution in [0, 0.1) is 5.92 Å². The lowest BCUT2D eigenvalue weighted by atomic mass is 9.99. The minimum atomic E-state index is -4.17. The van der Waals surface area contributed by atoms with E-state index in [9.17, 15) is 14.2 Å². The average molecular weight is 631 g/mol. The topological polar surface area (TPSA) is 107 Å². The van der Waals surface area contributed by atoms with E-state index in [-0.39, 0.29) is 50.3 Å². The zero-order valence-electron chi connectivity index (χ0n) is 27.1. The number of carbonyl (C=O) groups is 2. The van der Waals surface area contributed by atoms with Crippen LogP contribution in [0.4, 0.5) is 0 Å². The van der Waals surface area contributed by atoms with E-state index in [1.807, 2.05) is 6.92 Å². The summed E-state index contributed by atoms with van der Waals surface area (Å²) < 4.78 is 48.0. The molecule has 0 saturated carbocycles. The molecule has 0 aliphatic carbocycles. The number of ether oxygens (including phenoxy) is 2. The summed E-state index contributed by atoms with van der Waals surface area (Å²) >= 11 is 0. The molecule has 1 aromatic rings. The van der Waals surface area contributed by atoms with Crippen molar-refractivity contribution in [3.05, 3.63) is 30.3 Å². The van der Waals surface area contributed by atoms with Crippen molar-refractivity contribution in [3.63, 3.8) is 0 Å². The second-order valence-electron chi connectivity index (χ2n) is 11.9. The van der Waals surface area contributed by atoms with Crippen LogP contribution in [0.15, 0.2) is 30.3 Å². The van der Waals surface area contributed by atoms with Crippen LogP contribution in [0.5, 0.6) is 5.75 Å². The number of benzene rings is 1. The molecule has 0 N–H and O–H groups in total. The lowest BCUT2D eigenvalue weighted by molar-refractivity contribution is -0.161. The lowest BCUT2D eigenvalue weighted by Crippen LogP contribution is -2.45. The van der Waals surface area contributed by atoms with Crippen molar-refractivity contribution in [1.82, 2.24) is 0 Å². The van der Waals surface area contributed by atoms with Crippen molar-refractivity contribution >= 4 is 28.1 Å². The first-order valence-electron chi connectivity index (χ1n) is 15.4. The fourth-order valence-electron chi connectivity index (χ4n) is 3.86. The molecule has 242 valence electrons. The number of esters is 2. The Morgan fingerprint density at radius 3 is 2.02 bits per heavy atom. The van der Waals surface area contributed by atoms with E-state index >= 15 is 0 Å². The van der Waals surface area contributed by atoms with Gasteiger partial charge >= 0.3 is 19.8 Å². The smallest absolute Gasteiger partial charge is 0.462 e. The summed E-state index contributed by atoms with van der Waals surface area (Å²) in [5.74, 6) is -0.0953. The van der Waals surface area contributed by atoms with Gasteiger partial charge in [-0.25, -0.2) is 4.57 Å². The van der Waals surface area contributed by atoms with Crippen LogP contribution >= 0.6 is 7.82 Å². The Kier molecular flexibility index (Phi) is 17.8. The second kappa shape index (κ2) is 19.5. The normalized spacial score (nSPS) is 14.3. The molecule has 2 atom stereocenters. The highest BCUT2D eigenvalue weighted by Crippen LogP contribution is 2.50. The summed E-state index contributed by atoms with van der Waals surface area (Å²) in [6.45, 7) is 16.8. The first-order valence-corrected chi connectivity index (χ1v) is 19.8. The van der Waals surface area contributed by atoms with E-state index in [1.165, 1.54) is 0 Å². The maximum absolute atomic E-state index is 13.8. The van der Waals surface area contributed by atoms with Gasteiger partial charge in [-0.3, -0.25) is 18.6 Å². The van der Waals surface area contributed by atoms with Gasteiger partial charge in [-0.1, -0.05) is 85.4 Å². The van der Waals surface area contributed by atoms with Gasteiger partial charge in [0, 0.05) is 12.8 Å². The highest BCUT2D eigenvalue weighted by Gasteiger charge is 2.43. The third-order valence-electron chi connectivity index (χ3n) is 7.87. The van der Waals surface area contributed by atoms with Gasteiger partial charge in [0.1, 0.15) is 19.0 Å². The van der Waals surface area contributed by atoms with Crippen molar-refractivity contribution in [1.29, 1.82) is 0 Å². The number of phosphoric ester groups is 1. The Morgan fingerprint density at radius 1 is 0.857 bits per heavy atom. The number of hydrogen-bond donors (Lipinski definition) is 0. The van der Waals surface area contributed by atoms with Crippen LogP contribution in [0.2, 0.25) is 18.1 Å². The average Bonchev–Trinajstić information content (AvgIpc) is 2.93. The van der Waals surface area contributed by atoms with Gasteiger partial charge in [0.25, 0.3) is 0 Å². The van der Waals surface area contributed by atoms with E-state index in [0.29, 0.717) is 18.1 Å². The molecule has 42 heavy (non-hydrogen) atoms. The summed E-state index contributed by atoms with van der Waals surface area (Å²) in [5.41, 5.74) is 0. The third-order valence-corrected chi connectivity index (χ3v) is 13.9. The highest BCUT2D eigenvalue weighted by atomic mass is 31.2. The molecule has 0 amide bonds. The predicted octanol–water partition coefficient (Wildman–Crippen LogP) is 8.48. The van der Waals surface area contributed by atoms with Crippen LogP contribution in [0.1, 0.15) is 92.9 Å². The van der Waals surface area contributed by atoms with Gasteiger partial charge in [0.05, 0.1) is 13.2 Å². The highest BCUT2D eigenvalue weighted by molar-refractivity contribution is 7.48. The fraction of sp³-hybridized carbons (Fsp3) is 0.742. The Balaban J connectivity index is 2.93. The molecular formula is C31H55O9PSi. The predicted molar refractivity (Wildman–Crippen MR) is 168 cm³/mol. The minimum Gasteiger partial charge on any atom is -0.462 e. The Morgan fingerprint density at radius 2 is 1.45 bits per heavy atom. The van der Waals surface area contributed by atoms with E-state index in [4.69, 9.17) is 27.5 Å². The minimum absolute atomic E-state index is 0.00986. The first-order chi connectivity index (χ1) is 19.8. The van der Waals surface area contributed by atoms with E-state index < -0.39 is 28.2 Å². The van der Waals surface area contributed by atoms with Crippen molar-refractivity contribution in [3.8, 4) is 5.75 Å². The Bertz CT molecular complexity index is 953. The lowest BCUT2D eigenvalue weighted by Gasteiger charge is -2.42. The molecule has 0 bridgehead atoms. The Labute approximate surface area is 255 Å². The number of phosphoric acid groups is 1. The van der Waals surface area contributed by atoms with Gasteiger partial charge in [-0.05, 0) is 49.0 Å². The maximum atomic E-state index is 13.8. The van der Waals surface area contributed by atoms with Gasteiger partial charge in [0.2, 0.25) is 0 Å². The van der Waals surface area contributed by atoms with Crippen molar-refractivity contribution in [2.75, 3.05) is 26.4 Å². The van der Waals surface area contributed by atoms with Crippen LogP contribution < -0.4 is 4.52 Å². The molecule has 0 aromatic heterocycles. The van der Waals surface area contributed by atoms with Crippen LogP contribution in [0.3, 0.4) is 0 Å². The zero-order chi connectivity index (χ0) is 31.7. The van der Waals surface area contributed by atoms with Crippen LogP contribution in [0.25, 0.3) is 0 Å². The van der Waals surface area contributed by atoms with Crippen LogP contribution in [-0.2, 0) is 37.1 Å². The van der Waals surface area contributed by atoms with E-state index in [2.05, 4.69) is 47.7 Å². The monoisotopic (exact) mass is 630 g/mol. The molecule has 0 spiro atoms. The molecule has 1 aromatic carbocycles. The van der Waals surface area contributed by atoms with Gasteiger partial charge in [-0.15, -0.1) is 0 Å². The number of rotatable bonds is 23. The zero-order valence-corrected chi connectivity index (χ0v) is 29.0. The van der Waals surface area contributed by atoms with Crippen molar-refractivity contribution in [2.24, 2.45) is 5.92 Å². The van der Waals surface area contributed by atoms with E-state index in [1.54, 1.807) is 30.3 Å². The van der Waals surface area contributed by atoms with Crippen LogP contribution in [-0.4, -0.2) is 52.8 Å². The summed E-state index contributed by atoms with van der Waals surface area (Å²) in [4.78, 5) is 24.7. The number of unbranched alkanes of at least 4 members (excludes halogenated alkanes) is 4. The molecule has 1 rings (SSSR count). The summed E-state index contributed by atoms with van der Waals surface area (Å²) in [6, 6.07) is 8.56. The standard InChI is InChI=1S/C31H55O9PSi/c1-9-11-14-20-29(32)35-24-28(39-30(33)21-15-12-10-2)25-37-41(34,40-27-18-16-13-17-19-27)36-22-23-38-42(7,8)31(5,6)26(3)4/h13,16-19,26,28H,9-12,14-15,20-25H2,1-8H3/t28-,41?/m1/s1. The number of hydrogen-bond acceptors (Lipinski definition) is 9. The molecule has 0 radical (unpaired) electrons. The van der Waals surface area contributed by atoms with Gasteiger partial charge in [-0.2, -0.15) is 0 Å². The second-order valence-corrected chi connectivity index (χ2v) is 18.1. The molecule has 0 heterocycles. The summed E-state index contributed by atoms with van der Waals surface area (Å²) in [5, 5.41) is 0.00986. The first kappa shape index (κ1) is 38.3. The quantitative estimate of drug-likeness (QED) is 0.0509. The third kappa shape index (κ3) is 14.6. The SMILES string of the molecule is CCCCCC(=O)OC[C@H](COP(=O)(OCCO[Si](C)(C)C(C)(C)C(C)C)Oc1ccccc1)OC(=O)CCCCC. The van der Waals surface area contributed by atoms with Gasteiger partial charge in [0.15, 0.2) is 14.4 Å².